The predicted octanol–water partition coefficient (Wildman–Crippen LogP) is 2.40. The molecule has 1 aliphatic carbocycles. The zero-order valence-electron chi connectivity index (χ0n) is 11.5. The van der Waals surface area contributed by atoms with E-state index in [1.54, 1.807) is 18.2 Å². The lowest BCUT2D eigenvalue weighted by Crippen LogP contribution is -2.33. The van der Waals surface area contributed by atoms with Crippen molar-refractivity contribution in [2.45, 2.75) is 30.3 Å². The third-order valence-corrected chi connectivity index (χ3v) is 5.53. The second kappa shape index (κ2) is 6.26. The van der Waals surface area contributed by atoms with E-state index in [9.17, 15) is 8.42 Å². The Morgan fingerprint density at radius 3 is 2.70 bits per heavy atom. The Kier molecular flexibility index (Phi) is 4.86. The summed E-state index contributed by atoms with van der Waals surface area (Å²) in [5, 5.41) is 3.46. The van der Waals surface area contributed by atoms with Crippen LogP contribution in [0.25, 0.3) is 0 Å². The summed E-state index contributed by atoms with van der Waals surface area (Å²) in [7, 11) is -1.68. The molecule has 0 aliphatic heterocycles. The molecule has 20 heavy (non-hydrogen) atoms. The van der Waals surface area contributed by atoms with Crippen LogP contribution in [-0.4, -0.2) is 32.4 Å². The number of hydrogen-bond acceptors (Lipinski definition) is 3. The van der Waals surface area contributed by atoms with Crippen LogP contribution in [0, 0.1) is 0 Å². The van der Waals surface area contributed by atoms with E-state index in [2.05, 4.69) is 11.9 Å². The molecule has 1 fully saturated rings. The van der Waals surface area contributed by atoms with Crippen molar-refractivity contribution in [1.29, 1.82) is 0 Å². The number of nitrogens with one attached hydrogen (secondary N) is 1. The summed E-state index contributed by atoms with van der Waals surface area (Å²) < 4.78 is 26.8. The topological polar surface area (TPSA) is 49.4 Å². The normalized spacial score (nSPS) is 15.6. The average molecular weight is 315 g/mol. The maximum absolute atomic E-state index is 12.6. The van der Waals surface area contributed by atoms with E-state index >= 15 is 0 Å². The standard InChI is InChI=1S/C14H19ClN2O2S/c1-3-8-17(12-5-6-12)20(18,19)13-7-4-11(10-16-2)14(15)9-13/h3-4,7,9,12,16H,1,5-6,8,10H2,2H3. The lowest BCUT2D eigenvalue weighted by molar-refractivity contribution is 0.436. The van der Waals surface area contributed by atoms with E-state index in [4.69, 9.17) is 11.6 Å². The van der Waals surface area contributed by atoms with Gasteiger partial charge in [-0.3, -0.25) is 0 Å². The van der Waals surface area contributed by atoms with Gasteiger partial charge in [0.25, 0.3) is 0 Å². The maximum Gasteiger partial charge on any atom is 0.243 e. The third-order valence-electron chi connectivity index (χ3n) is 3.26. The molecule has 0 spiro atoms. The molecular weight excluding hydrogens is 296 g/mol. The number of sulfonamides is 1. The Hall–Kier alpha value is -0.880. The lowest BCUT2D eigenvalue weighted by atomic mass is 10.2. The highest BCUT2D eigenvalue weighted by atomic mass is 35.5. The van der Waals surface area contributed by atoms with Crippen LogP contribution in [0.2, 0.25) is 5.02 Å². The van der Waals surface area contributed by atoms with Gasteiger partial charge >= 0.3 is 0 Å². The van der Waals surface area contributed by atoms with Crippen LogP contribution < -0.4 is 5.32 Å². The zero-order valence-corrected chi connectivity index (χ0v) is 13.0. The fraction of sp³-hybridized carbons (Fsp3) is 0.429. The molecule has 0 amide bonds. The van der Waals surface area contributed by atoms with Gasteiger partial charge in [0.15, 0.2) is 0 Å². The van der Waals surface area contributed by atoms with Crippen LogP contribution in [0.3, 0.4) is 0 Å². The Morgan fingerprint density at radius 2 is 2.20 bits per heavy atom. The predicted molar refractivity (Wildman–Crippen MR) is 81.3 cm³/mol. The SMILES string of the molecule is C=CCN(C1CC1)S(=O)(=O)c1ccc(CNC)c(Cl)c1. The number of benzene rings is 1. The number of nitrogens with zero attached hydrogens (tertiary/aromatic N) is 1. The molecule has 1 aromatic rings. The molecule has 1 aromatic carbocycles. The summed E-state index contributed by atoms with van der Waals surface area (Å²) in [6.07, 6.45) is 3.45. The second-order valence-corrected chi connectivity index (χ2v) is 7.18. The maximum atomic E-state index is 12.6. The van der Waals surface area contributed by atoms with Crippen molar-refractivity contribution >= 4 is 21.6 Å². The molecule has 0 heterocycles. The van der Waals surface area contributed by atoms with E-state index in [1.807, 2.05) is 7.05 Å². The van der Waals surface area contributed by atoms with E-state index in [0.717, 1.165) is 18.4 Å². The van der Waals surface area contributed by atoms with Gasteiger partial charge in [0.05, 0.1) is 4.90 Å². The van der Waals surface area contributed by atoms with E-state index in [1.165, 1.54) is 10.4 Å². The third kappa shape index (κ3) is 3.23. The van der Waals surface area contributed by atoms with Crippen molar-refractivity contribution in [1.82, 2.24) is 9.62 Å². The van der Waals surface area contributed by atoms with E-state index in [0.29, 0.717) is 18.1 Å². The molecule has 0 saturated heterocycles. The first kappa shape index (κ1) is 15.5. The zero-order chi connectivity index (χ0) is 14.8. The van der Waals surface area contributed by atoms with Crippen molar-refractivity contribution in [3.05, 3.63) is 41.4 Å². The fourth-order valence-corrected chi connectivity index (χ4v) is 4.09. The molecule has 0 bridgehead atoms. The van der Waals surface area contributed by atoms with Gasteiger partial charge in [-0.1, -0.05) is 23.7 Å². The molecule has 2 rings (SSSR count). The highest BCUT2D eigenvalue weighted by molar-refractivity contribution is 7.89. The monoisotopic (exact) mass is 314 g/mol. The minimum Gasteiger partial charge on any atom is -0.316 e. The van der Waals surface area contributed by atoms with Crippen LogP contribution in [0.15, 0.2) is 35.7 Å². The first-order chi connectivity index (χ1) is 9.50. The quantitative estimate of drug-likeness (QED) is 0.786. The van der Waals surface area contributed by atoms with Crippen LogP contribution in [0.4, 0.5) is 0 Å². The minimum absolute atomic E-state index is 0.105. The molecule has 0 aromatic heterocycles. The molecular formula is C14H19ClN2O2S. The van der Waals surface area contributed by atoms with Crippen molar-refractivity contribution in [3.8, 4) is 0 Å². The summed E-state index contributed by atoms with van der Waals surface area (Å²) in [6, 6.07) is 5.01. The minimum atomic E-state index is -3.50. The van der Waals surface area contributed by atoms with E-state index < -0.39 is 10.0 Å². The first-order valence-electron chi connectivity index (χ1n) is 6.56. The average Bonchev–Trinajstić information content (AvgIpc) is 3.22. The van der Waals surface area contributed by atoms with Gasteiger partial charge in [-0.2, -0.15) is 4.31 Å². The highest BCUT2D eigenvalue weighted by Gasteiger charge is 2.37. The van der Waals surface area contributed by atoms with E-state index in [-0.39, 0.29) is 10.9 Å². The summed E-state index contributed by atoms with van der Waals surface area (Å²) in [4.78, 5) is 0.246. The van der Waals surface area contributed by atoms with Gasteiger partial charge in [0.2, 0.25) is 10.0 Å². The molecule has 1 N–H and O–H groups in total. The second-order valence-electron chi connectivity index (χ2n) is 4.88. The Bertz CT molecular complexity index is 597. The molecule has 0 radical (unpaired) electrons. The van der Waals surface area contributed by atoms with Gasteiger partial charge in [-0.15, -0.1) is 6.58 Å². The van der Waals surface area contributed by atoms with Crippen LogP contribution in [0.1, 0.15) is 18.4 Å². The summed E-state index contributed by atoms with van der Waals surface area (Å²) in [5.41, 5.74) is 0.884. The van der Waals surface area contributed by atoms with Crippen molar-refractivity contribution in [3.63, 3.8) is 0 Å². The molecule has 6 heteroatoms. The summed E-state index contributed by atoms with van der Waals surface area (Å²) >= 11 is 6.15. The van der Waals surface area contributed by atoms with Gasteiger partial charge in [0, 0.05) is 24.2 Å². The van der Waals surface area contributed by atoms with Gasteiger partial charge in [-0.25, -0.2) is 8.42 Å². The molecule has 1 aliphatic rings. The smallest absolute Gasteiger partial charge is 0.243 e. The first-order valence-corrected chi connectivity index (χ1v) is 8.38. The molecule has 0 atom stereocenters. The Morgan fingerprint density at radius 1 is 1.50 bits per heavy atom. The van der Waals surface area contributed by atoms with Crippen molar-refractivity contribution < 1.29 is 8.42 Å². The van der Waals surface area contributed by atoms with Gasteiger partial charge in [-0.05, 0) is 37.6 Å². The molecule has 110 valence electrons. The van der Waals surface area contributed by atoms with Crippen LogP contribution in [0.5, 0.6) is 0 Å². The van der Waals surface area contributed by atoms with Crippen molar-refractivity contribution in [2.75, 3.05) is 13.6 Å². The Labute approximate surface area is 125 Å². The number of hydrogen-bond donors (Lipinski definition) is 1. The van der Waals surface area contributed by atoms with Gasteiger partial charge in [0.1, 0.15) is 0 Å². The number of rotatable bonds is 7. The molecule has 0 unspecified atom stereocenters. The summed E-state index contributed by atoms with van der Waals surface area (Å²) in [6.45, 7) is 4.58. The molecule has 1 saturated carbocycles. The van der Waals surface area contributed by atoms with Gasteiger partial charge < -0.3 is 5.32 Å². The largest absolute Gasteiger partial charge is 0.316 e. The lowest BCUT2D eigenvalue weighted by Gasteiger charge is -2.20. The van der Waals surface area contributed by atoms with Crippen LogP contribution in [-0.2, 0) is 16.6 Å². The highest BCUT2D eigenvalue weighted by Crippen LogP contribution is 2.33. The fourth-order valence-electron chi connectivity index (χ4n) is 2.09. The Balaban J connectivity index is 2.33. The number of halogens is 1. The summed E-state index contributed by atoms with van der Waals surface area (Å²) in [5.74, 6) is 0. The molecule has 4 nitrogen and oxygen atoms in total. The van der Waals surface area contributed by atoms with Crippen molar-refractivity contribution in [2.24, 2.45) is 0 Å². The van der Waals surface area contributed by atoms with Crippen LogP contribution >= 0.6 is 11.6 Å².